The molecule has 8 aromatic rings. The van der Waals surface area contributed by atoms with Crippen molar-refractivity contribution in [1.82, 2.24) is 9.13 Å². The molecule has 2 aromatic heterocycles. The molecule has 2 heterocycles. The normalized spacial score (nSPS) is 12.1. The van der Waals surface area contributed by atoms with E-state index in [4.69, 9.17) is 0 Å². The molecule has 0 unspecified atom stereocenters. The fourth-order valence-electron chi connectivity index (χ4n) is 7.69. The Bertz CT molecular complexity index is 2840. The molecular formula is C45H27N5. The molecule has 0 saturated carbocycles. The Hall–Kier alpha value is -7.13. The summed E-state index contributed by atoms with van der Waals surface area (Å²) >= 11 is 0. The number of para-hydroxylation sites is 2. The van der Waals surface area contributed by atoms with Crippen molar-refractivity contribution in [2.24, 2.45) is 0 Å². The van der Waals surface area contributed by atoms with Crippen LogP contribution in [0.3, 0.4) is 0 Å². The van der Waals surface area contributed by atoms with Gasteiger partial charge in [-0.2, -0.15) is 15.8 Å². The first-order valence-electron chi connectivity index (χ1n) is 16.6. The number of nitriles is 3. The van der Waals surface area contributed by atoms with Crippen LogP contribution in [0, 0.1) is 34.0 Å². The number of rotatable bonds is 4. The molecule has 6 aromatic carbocycles. The third kappa shape index (κ3) is 4.45. The summed E-state index contributed by atoms with van der Waals surface area (Å²) in [5.74, 6) is 0. The summed E-state index contributed by atoms with van der Waals surface area (Å²) in [6, 6.07) is 49.9. The molecule has 9 rings (SSSR count). The lowest BCUT2D eigenvalue weighted by molar-refractivity contribution is 0.968. The zero-order chi connectivity index (χ0) is 33.8. The van der Waals surface area contributed by atoms with Crippen LogP contribution in [0.5, 0.6) is 0 Å². The van der Waals surface area contributed by atoms with Crippen LogP contribution in [0.2, 0.25) is 0 Å². The average Bonchev–Trinajstić information content (AvgIpc) is 3.70. The zero-order valence-electron chi connectivity index (χ0n) is 26.9. The van der Waals surface area contributed by atoms with Gasteiger partial charge in [0.05, 0.1) is 57.1 Å². The monoisotopic (exact) mass is 637 g/mol. The maximum absolute atomic E-state index is 10.2. The second-order valence-corrected chi connectivity index (χ2v) is 12.6. The van der Waals surface area contributed by atoms with Crippen molar-refractivity contribution in [3.8, 4) is 51.8 Å². The van der Waals surface area contributed by atoms with Crippen LogP contribution in [0.4, 0.5) is 0 Å². The van der Waals surface area contributed by atoms with E-state index in [0.29, 0.717) is 16.7 Å². The minimum absolute atomic E-state index is 0.584. The summed E-state index contributed by atoms with van der Waals surface area (Å²) in [4.78, 5) is 0. The van der Waals surface area contributed by atoms with Crippen molar-refractivity contribution in [3.63, 3.8) is 0 Å². The third-order valence-electron chi connectivity index (χ3n) is 9.87. The van der Waals surface area contributed by atoms with E-state index in [2.05, 4.69) is 106 Å². The molecule has 0 atom stereocenters. The number of hydrogen-bond donors (Lipinski definition) is 0. The maximum atomic E-state index is 10.2. The molecule has 0 saturated heterocycles. The molecule has 0 aliphatic heterocycles. The first-order valence-corrected chi connectivity index (χ1v) is 16.6. The van der Waals surface area contributed by atoms with Crippen LogP contribution in [0.1, 0.15) is 34.4 Å². The van der Waals surface area contributed by atoms with Gasteiger partial charge in [0, 0.05) is 33.1 Å². The first-order chi connectivity index (χ1) is 24.7. The van der Waals surface area contributed by atoms with Crippen molar-refractivity contribution in [2.45, 2.75) is 12.8 Å². The van der Waals surface area contributed by atoms with Gasteiger partial charge in [0.25, 0.3) is 0 Å². The highest BCUT2D eigenvalue weighted by Gasteiger charge is 2.21. The van der Waals surface area contributed by atoms with E-state index < -0.39 is 0 Å². The number of fused-ring (bicyclic) bond motifs is 6. The third-order valence-corrected chi connectivity index (χ3v) is 9.87. The van der Waals surface area contributed by atoms with E-state index in [0.717, 1.165) is 84.9 Å². The number of benzene rings is 6. The molecule has 1 aliphatic carbocycles. The summed E-state index contributed by atoms with van der Waals surface area (Å²) in [7, 11) is 0. The number of hydrogen-bond acceptors (Lipinski definition) is 3. The van der Waals surface area contributed by atoms with E-state index in [1.807, 2.05) is 60.7 Å². The lowest BCUT2D eigenvalue weighted by Gasteiger charge is -2.17. The minimum Gasteiger partial charge on any atom is -0.309 e. The van der Waals surface area contributed by atoms with E-state index in [1.165, 1.54) is 5.56 Å². The molecule has 0 N–H and O–H groups in total. The Labute approximate surface area is 289 Å². The zero-order valence-corrected chi connectivity index (χ0v) is 26.9. The molecule has 232 valence electrons. The molecule has 0 amide bonds. The summed E-state index contributed by atoms with van der Waals surface area (Å²) < 4.78 is 4.51. The van der Waals surface area contributed by atoms with Gasteiger partial charge in [-0.15, -0.1) is 0 Å². The van der Waals surface area contributed by atoms with Crippen molar-refractivity contribution < 1.29 is 0 Å². The Kier molecular flexibility index (Phi) is 6.70. The van der Waals surface area contributed by atoms with E-state index in [1.54, 1.807) is 0 Å². The Morgan fingerprint density at radius 1 is 0.540 bits per heavy atom. The van der Waals surface area contributed by atoms with Gasteiger partial charge in [-0.1, -0.05) is 60.7 Å². The molecule has 50 heavy (non-hydrogen) atoms. The van der Waals surface area contributed by atoms with E-state index >= 15 is 0 Å². The topological polar surface area (TPSA) is 81.2 Å². The average molecular weight is 638 g/mol. The van der Waals surface area contributed by atoms with Crippen molar-refractivity contribution in [3.05, 3.63) is 161 Å². The quantitative estimate of drug-likeness (QED) is 0.193. The molecule has 0 bridgehead atoms. The molecule has 5 heteroatoms. The summed E-state index contributed by atoms with van der Waals surface area (Å²) in [5, 5.41) is 32.8. The SMILES string of the molecule is N#Cc1cc(-c2ccc(-n3c4ccccc4c4c(C#N)cccc43)cc2)cc(-c2ccccc2-n2c3c(c4cc(C#N)ccc42)CCC=C3)c1. The number of aryl methyl sites for hydroxylation is 1. The highest BCUT2D eigenvalue weighted by atomic mass is 15.0. The van der Waals surface area contributed by atoms with Gasteiger partial charge in [-0.05, 0) is 114 Å². The van der Waals surface area contributed by atoms with Crippen LogP contribution >= 0.6 is 0 Å². The van der Waals surface area contributed by atoms with Gasteiger partial charge < -0.3 is 9.13 Å². The van der Waals surface area contributed by atoms with Gasteiger partial charge in [0.2, 0.25) is 0 Å². The van der Waals surface area contributed by atoms with Gasteiger partial charge in [-0.3, -0.25) is 0 Å². The highest BCUT2D eigenvalue weighted by Crippen LogP contribution is 2.39. The summed E-state index contributed by atoms with van der Waals surface area (Å²) in [6.45, 7) is 0. The summed E-state index contributed by atoms with van der Waals surface area (Å²) in [6.07, 6.45) is 6.29. The number of nitrogens with zero attached hydrogens (tertiary/aromatic N) is 5. The smallest absolute Gasteiger partial charge is 0.0998 e. The van der Waals surface area contributed by atoms with Crippen LogP contribution in [0.15, 0.2) is 133 Å². The standard InChI is InChI=1S/C45H27N5/c46-26-29-16-21-43-39(24-29)37-10-2-5-13-41(37)50(43)40-12-4-1-9-36(40)34-23-30(27-47)22-33(25-34)31-17-19-35(20-18-31)49-42-14-6-3-11-38(42)45-32(28-48)8-7-15-44(45)49/h1,3-9,11-25H,2,10H2. The predicted octanol–water partition coefficient (Wildman–Crippen LogP) is 10.6. The van der Waals surface area contributed by atoms with Crippen molar-refractivity contribution in [2.75, 3.05) is 0 Å². The Morgan fingerprint density at radius 2 is 1.30 bits per heavy atom. The van der Waals surface area contributed by atoms with E-state index in [-0.39, 0.29) is 0 Å². The predicted molar refractivity (Wildman–Crippen MR) is 200 cm³/mol. The van der Waals surface area contributed by atoms with Gasteiger partial charge in [0.15, 0.2) is 0 Å². The lowest BCUT2D eigenvalue weighted by Crippen LogP contribution is -2.02. The molecule has 0 spiro atoms. The van der Waals surface area contributed by atoms with Gasteiger partial charge in [0.1, 0.15) is 0 Å². The van der Waals surface area contributed by atoms with Gasteiger partial charge in [-0.25, -0.2) is 0 Å². The van der Waals surface area contributed by atoms with Crippen LogP contribution in [0.25, 0.3) is 72.4 Å². The second-order valence-electron chi connectivity index (χ2n) is 12.6. The Balaban J connectivity index is 1.18. The minimum atomic E-state index is 0.584. The number of allylic oxidation sites excluding steroid dienone is 1. The maximum Gasteiger partial charge on any atom is 0.0998 e. The molecule has 0 fully saturated rings. The molecule has 1 aliphatic rings. The van der Waals surface area contributed by atoms with Crippen LogP contribution in [-0.2, 0) is 6.42 Å². The largest absolute Gasteiger partial charge is 0.309 e. The highest BCUT2D eigenvalue weighted by molar-refractivity contribution is 6.11. The Morgan fingerprint density at radius 3 is 2.14 bits per heavy atom. The molecular weight excluding hydrogens is 611 g/mol. The van der Waals surface area contributed by atoms with Gasteiger partial charge >= 0.3 is 0 Å². The lowest BCUT2D eigenvalue weighted by atomic mass is 9.95. The first kappa shape index (κ1) is 29.0. The van der Waals surface area contributed by atoms with Crippen molar-refractivity contribution >= 4 is 38.8 Å². The fraction of sp³-hybridized carbons (Fsp3) is 0.0444. The van der Waals surface area contributed by atoms with Crippen LogP contribution < -0.4 is 0 Å². The second kappa shape index (κ2) is 11.5. The summed E-state index contributed by atoms with van der Waals surface area (Å²) in [5.41, 5.74) is 13.3. The van der Waals surface area contributed by atoms with E-state index in [9.17, 15) is 15.8 Å². The fourth-order valence-corrected chi connectivity index (χ4v) is 7.69. The number of aromatic nitrogens is 2. The van der Waals surface area contributed by atoms with Crippen LogP contribution in [-0.4, -0.2) is 9.13 Å². The molecule has 5 nitrogen and oxygen atoms in total. The molecule has 0 radical (unpaired) electrons. The van der Waals surface area contributed by atoms with Crippen molar-refractivity contribution in [1.29, 1.82) is 15.8 Å².